The van der Waals surface area contributed by atoms with Gasteiger partial charge in [-0.25, -0.2) is 9.37 Å². The summed E-state index contributed by atoms with van der Waals surface area (Å²) in [6.07, 6.45) is 2.87. The molecule has 0 N–H and O–H groups in total. The number of nitrogens with zero attached hydrogens (tertiary/aromatic N) is 2. The van der Waals surface area contributed by atoms with Gasteiger partial charge < -0.3 is 4.74 Å². The minimum absolute atomic E-state index is 0.151. The molecule has 0 aliphatic heterocycles. The van der Waals surface area contributed by atoms with Crippen LogP contribution in [0.2, 0.25) is 0 Å². The number of hydrogen-bond acceptors (Lipinski definition) is 3. The van der Waals surface area contributed by atoms with Gasteiger partial charge in [-0.15, -0.1) is 0 Å². The molecular weight excluding hydrogens is 350 g/mol. The van der Waals surface area contributed by atoms with Crippen molar-refractivity contribution in [2.75, 3.05) is 7.11 Å². The zero-order chi connectivity index (χ0) is 13.1. The van der Waals surface area contributed by atoms with E-state index in [4.69, 9.17) is 4.74 Å². The molecule has 0 radical (unpaired) electrons. The molecular formula is C12H10FIN2O2. The molecule has 0 saturated heterocycles. The molecule has 94 valence electrons. The van der Waals surface area contributed by atoms with Gasteiger partial charge in [-0.2, -0.15) is 0 Å². The van der Waals surface area contributed by atoms with Gasteiger partial charge in [0.15, 0.2) is 0 Å². The fraction of sp³-hybridized carbons (Fsp3) is 0.167. The van der Waals surface area contributed by atoms with E-state index in [1.54, 1.807) is 12.1 Å². The quantitative estimate of drug-likeness (QED) is 0.787. The second-order valence-corrected chi connectivity index (χ2v) is 4.79. The van der Waals surface area contributed by atoms with E-state index in [0.717, 1.165) is 0 Å². The number of benzene rings is 1. The Labute approximate surface area is 117 Å². The minimum atomic E-state index is -0.403. The Morgan fingerprint density at radius 1 is 1.50 bits per heavy atom. The molecule has 4 nitrogen and oxygen atoms in total. The summed E-state index contributed by atoms with van der Waals surface area (Å²) in [7, 11) is 1.47. The first-order valence-corrected chi connectivity index (χ1v) is 6.22. The molecule has 2 aromatic rings. The van der Waals surface area contributed by atoms with Gasteiger partial charge in [0.1, 0.15) is 11.6 Å². The van der Waals surface area contributed by atoms with Crippen molar-refractivity contribution in [3.05, 3.63) is 56.0 Å². The molecule has 0 aliphatic rings. The highest BCUT2D eigenvalue weighted by molar-refractivity contribution is 14.1. The maximum Gasteiger partial charge on any atom is 0.267 e. The van der Waals surface area contributed by atoms with Crippen LogP contribution in [0.1, 0.15) is 5.56 Å². The van der Waals surface area contributed by atoms with Crippen molar-refractivity contribution in [1.29, 1.82) is 0 Å². The van der Waals surface area contributed by atoms with Gasteiger partial charge in [0.2, 0.25) is 0 Å². The van der Waals surface area contributed by atoms with Crippen molar-refractivity contribution in [1.82, 2.24) is 9.55 Å². The Bertz CT molecular complexity index is 628. The van der Waals surface area contributed by atoms with Crippen LogP contribution in [0, 0.1) is 9.39 Å². The monoisotopic (exact) mass is 360 g/mol. The summed E-state index contributed by atoms with van der Waals surface area (Å²) in [6, 6.07) is 4.55. The Hall–Kier alpha value is -1.44. The minimum Gasteiger partial charge on any atom is -0.497 e. The summed E-state index contributed by atoms with van der Waals surface area (Å²) in [6.45, 7) is 0.151. The zero-order valence-electron chi connectivity index (χ0n) is 9.56. The molecule has 0 saturated carbocycles. The number of halogens is 2. The van der Waals surface area contributed by atoms with Crippen molar-refractivity contribution in [3.8, 4) is 5.75 Å². The van der Waals surface area contributed by atoms with E-state index in [1.165, 1.54) is 30.3 Å². The lowest BCUT2D eigenvalue weighted by Crippen LogP contribution is -2.23. The second-order valence-electron chi connectivity index (χ2n) is 3.63. The molecule has 1 aromatic carbocycles. The number of rotatable bonds is 3. The Morgan fingerprint density at radius 3 is 2.94 bits per heavy atom. The normalized spacial score (nSPS) is 10.4. The van der Waals surface area contributed by atoms with E-state index in [-0.39, 0.29) is 12.1 Å². The van der Waals surface area contributed by atoms with Crippen LogP contribution in [0.5, 0.6) is 5.75 Å². The summed E-state index contributed by atoms with van der Waals surface area (Å²) in [5.41, 5.74) is 0.238. The second kappa shape index (κ2) is 5.47. The van der Waals surface area contributed by atoms with Gasteiger partial charge in [-0.05, 0) is 28.7 Å². The highest BCUT2D eigenvalue weighted by Gasteiger charge is 2.07. The van der Waals surface area contributed by atoms with Crippen molar-refractivity contribution in [2.24, 2.45) is 0 Å². The van der Waals surface area contributed by atoms with Crippen LogP contribution in [-0.4, -0.2) is 16.7 Å². The van der Waals surface area contributed by atoms with Gasteiger partial charge >= 0.3 is 0 Å². The van der Waals surface area contributed by atoms with Crippen LogP contribution in [0.3, 0.4) is 0 Å². The van der Waals surface area contributed by atoms with Crippen LogP contribution in [-0.2, 0) is 6.54 Å². The molecule has 18 heavy (non-hydrogen) atoms. The van der Waals surface area contributed by atoms with Gasteiger partial charge in [0, 0.05) is 17.8 Å². The lowest BCUT2D eigenvalue weighted by atomic mass is 10.2. The highest BCUT2D eigenvalue weighted by atomic mass is 127. The topological polar surface area (TPSA) is 44.1 Å². The number of methoxy groups -OCH3 is 1. The highest BCUT2D eigenvalue weighted by Crippen LogP contribution is 2.16. The summed E-state index contributed by atoms with van der Waals surface area (Å²) in [4.78, 5) is 15.7. The SMILES string of the molecule is COc1ccc(Cn2cncc(I)c2=O)c(F)c1. The lowest BCUT2D eigenvalue weighted by Gasteiger charge is -2.08. The maximum atomic E-state index is 13.7. The maximum absolute atomic E-state index is 13.7. The Kier molecular flexibility index (Phi) is 3.95. The number of aromatic nitrogens is 2. The molecule has 0 atom stereocenters. The zero-order valence-corrected chi connectivity index (χ0v) is 11.7. The van der Waals surface area contributed by atoms with Crippen LogP contribution in [0.15, 0.2) is 35.5 Å². The van der Waals surface area contributed by atoms with Gasteiger partial charge in [0.05, 0.1) is 23.6 Å². The first kappa shape index (κ1) is 13.0. The fourth-order valence-corrected chi connectivity index (χ4v) is 1.97. The molecule has 0 unspecified atom stereocenters. The van der Waals surface area contributed by atoms with Crippen molar-refractivity contribution in [3.63, 3.8) is 0 Å². The van der Waals surface area contributed by atoms with Crippen LogP contribution in [0.25, 0.3) is 0 Å². The third-order valence-electron chi connectivity index (χ3n) is 2.46. The Balaban J connectivity index is 2.34. The van der Waals surface area contributed by atoms with Crippen LogP contribution >= 0.6 is 22.6 Å². The molecule has 1 heterocycles. The van der Waals surface area contributed by atoms with E-state index < -0.39 is 5.82 Å². The number of ether oxygens (including phenoxy) is 1. The van der Waals surface area contributed by atoms with E-state index in [1.807, 2.05) is 22.6 Å². The predicted octanol–water partition coefficient (Wildman–Crippen LogP) is 2.04. The molecule has 2 rings (SSSR count). The summed E-state index contributed by atoms with van der Waals surface area (Å²) in [5, 5.41) is 0. The molecule has 1 aromatic heterocycles. The molecule has 0 spiro atoms. The standard InChI is InChI=1S/C12H10FIN2O2/c1-18-9-3-2-8(10(13)4-9)6-16-7-15-5-11(14)12(16)17/h2-5,7H,6H2,1H3. The third kappa shape index (κ3) is 2.69. The first-order valence-electron chi connectivity index (χ1n) is 5.14. The Morgan fingerprint density at radius 2 is 2.28 bits per heavy atom. The average molecular weight is 360 g/mol. The van der Waals surface area contributed by atoms with Gasteiger partial charge in [-0.3, -0.25) is 9.36 Å². The molecule has 0 aliphatic carbocycles. The lowest BCUT2D eigenvalue weighted by molar-refractivity contribution is 0.410. The van der Waals surface area contributed by atoms with E-state index >= 15 is 0 Å². The smallest absolute Gasteiger partial charge is 0.267 e. The summed E-state index contributed by atoms with van der Waals surface area (Å²) >= 11 is 1.90. The van der Waals surface area contributed by atoms with Crippen molar-refractivity contribution >= 4 is 22.6 Å². The molecule has 0 fully saturated rings. The molecule has 0 bridgehead atoms. The van der Waals surface area contributed by atoms with Crippen molar-refractivity contribution < 1.29 is 9.13 Å². The van der Waals surface area contributed by atoms with Crippen LogP contribution < -0.4 is 10.3 Å². The molecule has 6 heteroatoms. The third-order valence-corrected chi connectivity index (χ3v) is 3.20. The average Bonchev–Trinajstić information content (AvgIpc) is 2.37. The van der Waals surface area contributed by atoms with E-state index in [2.05, 4.69) is 4.98 Å². The largest absolute Gasteiger partial charge is 0.497 e. The van der Waals surface area contributed by atoms with Crippen molar-refractivity contribution in [2.45, 2.75) is 6.54 Å². The summed E-state index contributed by atoms with van der Waals surface area (Å²) < 4.78 is 20.5. The fourth-order valence-electron chi connectivity index (χ4n) is 1.50. The van der Waals surface area contributed by atoms with Gasteiger partial charge in [-0.1, -0.05) is 6.07 Å². The van der Waals surface area contributed by atoms with Crippen LogP contribution in [0.4, 0.5) is 4.39 Å². The van der Waals surface area contributed by atoms with E-state index in [0.29, 0.717) is 14.9 Å². The predicted molar refractivity (Wildman–Crippen MR) is 73.3 cm³/mol. The first-order chi connectivity index (χ1) is 8.61. The number of hydrogen-bond donors (Lipinski definition) is 0. The van der Waals surface area contributed by atoms with Gasteiger partial charge in [0.25, 0.3) is 5.56 Å². The van der Waals surface area contributed by atoms with E-state index in [9.17, 15) is 9.18 Å². The summed E-state index contributed by atoms with van der Waals surface area (Å²) in [5.74, 6) is 0.0458. The molecule has 0 amide bonds.